The lowest BCUT2D eigenvalue weighted by molar-refractivity contribution is -0.142. The summed E-state index contributed by atoms with van der Waals surface area (Å²) in [5.41, 5.74) is 5.53. The number of nitrogens with one attached hydrogen (secondary N) is 4. The molecule has 0 heterocycles. The summed E-state index contributed by atoms with van der Waals surface area (Å²) in [6, 6.07) is -7.35. The largest absolute Gasteiger partial charge is 0.480 e. The van der Waals surface area contributed by atoms with Crippen LogP contribution in [0, 0.1) is 0 Å². The lowest BCUT2D eigenvalue weighted by Crippen LogP contribution is -2.63. The number of rotatable bonds is 14. The van der Waals surface area contributed by atoms with Gasteiger partial charge in [-0.05, 0) is 20.8 Å². The van der Waals surface area contributed by atoms with E-state index in [2.05, 4.69) is 46.5 Å². The van der Waals surface area contributed by atoms with E-state index in [0.29, 0.717) is 0 Å². The molecule has 4 amide bonds. The second-order valence-electron chi connectivity index (χ2n) is 7.55. The van der Waals surface area contributed by atoms with E-state index in [1.54, 1.807) is 0 Å². The van der Waals surface area contributed by atoms with Crippen LogP contribution in [0.3, 0.4) is 0 Å². The van der Waals surface area contributed by atoms with Crippen LogP contribution >= 0.6 is 25.3 Å². The van der Waals surface area contributed by atoms with Gasteiger partial charge in [0.2, 0.25) is 23.6 Å². The summed E-state index contributed by atoms with van der Waals surface area (Å²) in [6.45, 7) is 3.50. The molecule has 0 bridgehead atoms. The van der Waals surface area contributed by atoms with E-state index in [-0.39, 0.29) is 11.5 Å². The fourth-order valence-corrected chi connectivity index (χ4v) is 2.91. The van der Waals surface area contributed by atoms with Gasteiger partial charge in [0.05, 0.1) is 24.4 Å². The van der Waals surface area contributed by atoms with Crippen molar-refractivity contribution in [1.82, 2.24) is 21.3 Å². The van der Waals surface area contributed by atoms with E-state index in [9.17, 15) is 39.3 Å². The summed E-state index contributed by atoms with van der Waals surface area (Å²) in [7, 11) is 0. The standard InChI is InChI=1S/C18H33N5O9S2/c1-6(24)11(15(28)20-10(5-34)18(31)32)22-17(30)13(8(3)26)23-16(29)12(7(2)25)21-14(27)9(19)4-33/h6-13,24-26,33-34H,4-5,19H2,1-3H3,(H,20,28)(H,21,27)(H,22,30)(H,23,29)(H,31,32)/t6-,7-,8-,9+,10+,11+,12+,13+/m1/s1. The SMILES string of the molecule is C[C@@H](O)[C@H](NC(=O)[C@@H](NC(=O)[C@@H](NC(=O)[C@@H](N)CS)[C@@H](C)O)[C@@H](C)O)C(=O)N[C@@H](CS)C(=O)O. The molecule has 0 aliphatic carbocycles. The zero-order valence-electron chi connectivity index (χ0n) is 18.8. The molecule has 16 heteroatoms. The van der Waals surface area contributed by atoms with Crippen molar-refractivity contribution in [1.29, 1.82) is 0 Å². The molecule has 196 valence electrons. The lowest BCUT2D eigenvalue weighted by atomic mass is 10.1. The smallest absolute Gasteiger partial charge is 0.327 e. The first-order chi connectivity index (χ1) is 15.7. The zero-order chi connectivity index (χ0) is 26.7. The fraction of sp³-hybridized carbons (Fsp3) is 0.722. The van der Waals surface area contributed by atoms with Gasteiger partial charge in [-0.1, -0.05) is 0 Å². The minimum Gasteiger partial charge on any atom is -0.480 e. The van der Waals surface area contributed by atoms with Crippen molar-refractivity contribution in [3.63, 3.8) is 0 Å². The van der Waals surface area contributed by atoms with Gasteiger partial charge in [-0.25, -0.2) is 4.79 Å². The van der Waals surface area contributed by atoms with Crippen molar-refractivity contribution in [3.8, 4) is 0 Å². The van der Waals surface area contributed by atoms with Crippen LogP contribution in [0.25, 0.3) is 0 Å². The number of carboxylic acid groups (broad SMARTS) is 1. The van der Waals surface area contributed by atoms with Crippen molar-refractivity contribution < 1.29 is 44.4 Å². The topological polar surface area (TPSA) is 240 Å². The third kappa shape index (κ3) is 10.0. The van der Waals surface area contributed by atoms with Gasteiger partial charge in [0.25, 0.3) is 0 Å². The molecule has 34 heavy (non-hydrogen) atoms. The minimum atomic E-state index is -1.68. The number of carbonyl (C=O) groups excluding carboxylic acids is 4. The Labute approximate surface area is 207 Å². The summed E-state index contributed by atoms with van der Waals surface area (Å²) in [5, 5.41) is 47.4. The Hall–Kier alpha value is -2.11. The number of carboxylic acids is 1. The first-order valence-electron chi connectivity index (χ1n) is 10.1. The van der Waals surface area contributed by atoms with E-state index in [1.165, 1.54) is 6.92 Å². The molecule has 0 saturated carbocycles. The summed E-state index contributed by atoms with van der Waals surface area (Å²) in [4.78, 5) is 60.8. The van der Waals surface area contributed by atoms with Gasteiger partial charge in [-0.15, -0.1) is 0 Å². The van der Waals surface area contributed by atoms with Crippen molar-refractivity contribution >= 4 is 54.9 Å². The number of carbonyl (C=O) groups is 5. The Balaban J connectivity index is 5.55. The van der Waals surface area contributed by atoms with Crippen LogP contribution in [0.4, 0.5) is 0 Å². The van der Waals surface area contributed by atoms with E-state index in [0.717, 1.165) is 13.8 Å². The van der Waals surface area contributed by atoms with Gasteiger partial charge in [-0.2, -0.15) is 25.3 Å². The fourth-order valence-electron chi connectivity index (χ4n) is 2.49. The maximum absolute atomic E-state index is 12.7. The van der Waals surface area contributed by atoms with E-state index in [4.69, 9.17) is 10.8 Å². The van der Waals surface area contributed by atoms with Gasteiger partial charge < -0.3 is 47.4 Å². The number of hydrogen-bond acceptors (Lipinski definition) is 11. The Morgan fingerprint density at radius 3 is 1.26 bits per heavy atom. The monoisotopic (exact) mass is 527 g/mol. The molecule has 0 aromatic carbocycles. The summed E-state index contributed by atoms with van der Waals surface area (Å²) in [5.74, 6) is -5.70. The minimum absolute atomic E-state index is 0.0442. The van der Waals surface area contributed by atoms with E-state index < -0.39 is 78.1 Å². The van der Waals surface area contributed by atoms with Gasteiger partial charge in [-0.3, -0.25) is 19.2 Å². The molecule has 0 fully saturated rings. The highest BCUT2D eigenvalue weighted by Crippen LogP contribution is 2.03. The number of amides is 4. The number of thiol groups is 2. The van der Waals surface area contributed by atoms with Gasteiger partial charge in [0, 0.05) is 11.5 Å². The molecule has 0 aromatic rings. The number of nitrogens with two attached hydrogens (primary N) is 1. The highest BCUT2D eigenvalue weighted by Gasteiger charge is 2.36. The predicted molar refractivity (Wildman–Crippen MR) is 126 cm³/mol. The third-order valence-corrected chi connectivity index (χ3v) is 5.28. The summed E-state index contributed by atoms with van der Waals surface area (Å²) < 4.78 is 0. The molecule has 14 nitrogen and oxygen atoms in total. The zero-order valence-corrected chi connectivity index (χ0v) is 20.6. The van der Waals surface area contributed by atoms with Gasteiger partial charge in [0.1, 0.15) is 24.2 Å². The molecule has 0 aliphatic rings. The average Bonchev–Trinajstić information content (AvgIpc) is 2.75. The van der Waals surface area contributed by atoms with Crippen LogP contribution in [-0.4, -0.2) is 110 Å². The molecule has 8 atom stereocenters. The number of aliphatic hydroxyl groups is 3. The Bertz CT molecular complexity index is 739. The normalized spacial score (nSPS) is 18.1. The molecule has 10 N–H and O–H groups in total. The molecule has 0 rings (SSSR count). The predicted octanol–water partition coefficient (Wildman–Crippen LogP) is -4.66. The molecule has 0 spiro atoms. The first-order valence-corrected chi connectivity index (χ1v) is 11.4. The van der Waals surface area contributed by atoms with E-state index in [1.807, 2.05) is 0 Å². The quantitative estimate of drug-likeness (QED) is 0.0965. The molecule has 0 unspecified atom stereocenters. The molecule has 0 aromatic heterocycles. The van der Waals surface area contributed by atoms with Crippen molar-refractivity contribution in [3.05, 3.63) is 0 Å². The lowest BCUT2D eigenvalue weighted by Gasteiger charge is -2.29. The Kier molecular flexibility index (Phi) is 14.1. The second kappa shape index (κ2) is 15.0. The molecular formula is C18H33N5O9S2. The summed E-state index contributed by atoms with van der Waals surface area (Å²) in [6.07, 6.45) is -4.43. The highest BCUT2D eigenvalue weighted by atomic mass is 32.1. The number of hydrogen-bond donors (Lipinski definition) is 11. The highest BCUT2D eigenvalue weighted by molar-refractivity contribution is 7.80. The van der Waals surface area contributed by atoms with Gasteiger partial charge >= 0.3 is 5.97 Å². The molecule has 0 saturated heterocycles. The van der Waals surface area contributed by atoms with Crippen LogP contribution in [0.5, 0.6) is 0 Å². The van der Waals surface area contributed by atoms with Crippen LogP contribution in [-0.2, 0) is 24.0 Å². The van der Waals surface area contributed by atoms with Crippen LogP contribution in [0.2, 0.25) is 0 Å². The number of aliphatic carboxylic acids is 1. The maximum Gasteiger partial charge on any atom is 0.327 e. The third-order valence-electron chi connectivity index (χ3n) is 4.52. The van der Waals surface area contributed by atoms with Crippen LogP contribution < -0.4 is 27.0 Å². The average molecular weight is 528 g/mol. The van der Waals surface area contributed by atoms with Crippen molar-refractivity contribution in [2.45, 2.75) is 69.3 Å². The second-order valence-corrected chi connectivity index (χ2v) is 8.28. The maximum atomic E-state index is 12.7. The Morgan fingerprint density at radius 2 is 1.00 bits per heavy atom. The molecule has 0 aliphatic heterocycles. The Morgan fingerprint density at radius 1 is 0.676 bits per heavy atom. The van der Waals surface area contributed by atoms with Crippen LogP contribution in [0.1, 0.15) is 20.8 Å². The van der Waals surface area contributed by atoms with Crippen molar-refractivity contribution in [2.24, 2.45) is 5.73 Å². The van der Waals surface area contributed by atoms with Gasteiger partial charge in [0.15, 0.2) is 0 Å². The van der Waals surface area contributed by atoms with Crippen LogP contribution in [0.15, 0.2) is 0 Å². The number of aliphatic hydroxyl groups excluding tert-OH is 3. The summed E-state index contributed by atoms with van der Waals surface area (Å²) >= 11 is 7.67. The molecule has 0 radical (unpaired) electrons. The first kappa shape index (κ1) is 31.9. The van der Waals surface area contributed by atoms with Crippen molar-refractivity contribution in [2.75, 3.05) is 11.5 Å². The van der Waals surface area contributed by atoms with E-state index >= 15 is 0 Å². The molecular weight excluding hydrogens is 494 g/mol.